The fraction of sp³-hybridized carbons (Fsp3) is 0.500. The highest BCUT2D eigenvalue weighted by Gasteiger charge is 2.26. The van der Waals surface area contributed by atoms with Crippen molar-refractivity contribution in [1.82, 2.24) is 4.98 Å². The van der Waals surface area contributed by atoms with Gasteiger partial charge in [0.05, 0.1) is 23.5 Å². The van der Waals surface area contributed by atoms with E-state index in [0.29, 0.717) is 0 Å². The van der Waals surface area contributed by atoms with Gasteiger partial charge in [-0.15, -0.1) is 0 Å². The van der Waals surface area contributed by atoms with E-state index < -0.39 is 0 Å². The maximum absolute atomic E-state index is 6.21. The quantitative estimate of drug-likeness (QED) is 0.849. The number of pyridine rings is 1. The highest BCUT2D eigenvalue weighted by Crippen LogP contribution is 2.40. The lowest BCUT2D eigenvalue weighted by atomic mass is 10.1. The first-order valence-electron chi connectivity index (χ1n) is 8.10. The number of benzene rings is 1. The summed E-state index contributed by atoms with van der Waals surface area (Å²) in [5.41, 5.74) is 3.38. The Hall–Kier alpha value is -1.77. The van der Waals surface area contributed by atoms with Crippen molar-refractivity contribution in [3.05, 3.63) is 30.0 Å². The van der Waals surface area contributed by atoms with Crippen LogP contribution in [0.1, 0.15) is 31.4 Å². The number of rotatable bonds is 4. The zero-order valence-corrected chi connectivity index (χ0v) is 12.6. The zero-order chi connectivity index (χ0) is 14.2. The number of aromatic nitrogens is 1. The third-order valence-electron chi connectivity index (χ3n) is 4.57. The summed E-state index contributed by atoms with van der Waals surface area (Å²) in [4.78, 5) is 7.24. The van der Waals surface area contributed by atoms with Crippen molar-refractivity contribution < 1.29 is 4.74 Å². The molecular weight excluding hydrogens is 260 g/mol. The van der Waals surface area contributed by atoms with E-state index in [1.54, 1.807) is 0 Å². The summed E-state index contributed by atoms with van der Waals surface area (Å²) in [7, 11) is 0. The van der Waals surface area contributed by atoms with Crippen LogP contribution in [0, 0.1) is 12.8 Å². The molecule has 0 atom stereocenters. The number of aryl methyl sites for hydroxylation is 1. The van der Waals surface area contributed by atoms with Gasteiger partial charge in [0.1, 0.15) is 0 Å². The Balaban J connectivity index is 1.83. The van der Waals surface area contributed by atoms with E-state index in [1.807, 2.05) is 0 Å². The number of hydrogen-bond acceptors (Lipinski definition) is 3. The van der Waals surface area contributed by atoms with Crippen LogP contribution in [-0.4, -0.2) is 24.7 Å². The molecule has 1 aliphatic heterocycles. The van der Waals surface area contributed by atoms with Gasteiger partial charge in [-0.1, -0.05) is 18.2 Å². The molecule has 0 unspecified atom stereocenters. The first kappa shape index (κ1) is 12.9. The van der Waals surface area contributed by atoms with E-state index >= 15 is 0 Å². The van der Waals surface area contributed by atoms with Gasteiger partial charge in [-0.05, 0) is 44.6 Å². The van der Waals surface area contributed by atoms with Crippen LogP contribution in [0.25, 0.3) is 10.9 Å². The molecule has 0 amide bonds. The second-order valence-corrected chi connectivity index (χ2v) is 6.34. The monoisotopic (exact) mass is 282 g/mol. The molecule has 0 radical (unpaired) electrons. The molecule has 0 bridgehead atoms. The van der Waals surface area contributed by atoms with E-state index in [9.17, 15) is 0 Å². The van der Waals surface area contributed by atoms with Crippen LogP contribution in [0.4, 0.5) is 5.69 Å². The number of anilines is 1. The molecule has 2 heterocycles. The van der Waals surface area contributed by atoms with E-state index in [4.69, 9.17) is 9.72 Å². The lowest BCUT2D eigenvalue weighted by Crippen LogP contribution is -2.20. The molecule has 1 saturated carbocycles. The first-order chi connectivity index (χ1) is 10.3. The van der Waals surface area contributed by atoms with Crippen molar-refractivity contribution in [3.63, 3.8) is 0 Å². The van der Waals surface area contributed by atoms with Crippen molar-refractivity contribution in [2.24, 2.45) is 5.92 Å². The topological polar surface area (TPSA) is 25.4 Å². The van der Waals surface area contributed by atoms with Crippen molar-refractivity contribution in [3.8, 4) is 5.75 Å². The molecule has 1 aliphatic carbocycles. The predicted octanol–water partition coefficient (Wildman–Crippen LogP) is 3.93. The molecule has 21 heavy (non-hydrogen) atoms. The summed E-state index contributed by atoms with van der Waals surface area (Å²) in [6.07, 6.45) is 5.19. The summed E-state index contributed by atoms with van der Waals surface area (Å²) in [5.74, 6) is 1.78. The predicted molar refractivity (Wildman–Crippen MR) is 86.1 cm³/mol. The summed E-state index contributed by atoms with van der Waals surface area (Å²) < 4.78 is 6.21. The molecule has 1 saturated heterocycles. The average molecular weight is 282 g/mol. The highest BCUT2D eigenvalue weighted by molar-refractivity contribution is 5.95. The van der Waals surface area contributed by atoms with E-state index in [0.717, 1.165) is 42.6 Å². The third-order valence-corrected chi connectivity index (χ3v) is 4.57. The lowest BCUT2D eigenvalue weighted by Gasteiger charge is -2.24. The molecule has 0 N–H and O–H groups in total. The molecule has 2 fully saturated rings. The molecule has 1 aromatic carbocycles. The number of hydrogen-bond donors (Lipinski definition) is 0. The Morgan fingerprint density at radius 1 is 1.19 bits per heavy atom. The van der Waals surface area contributed by atoms with Crippen molar-refractivity contribution in [1.29, 1.82) is 0 Å². The van der Waals surface area contributed by atoms with Gasteiger partial charge in [0.25, 0.3) is 0 Å². The number of nitrogens with zero attached hydrogens (tertiary/aromatic N) is 2. The molecule has 2 aromatic rings. The number of fused-ring (bicyclic) bond motifs is 1. The molecule has 2 aliphatic rings. The fourth-order valence-electron chi connectivity index (χ4n) is 3.21. The molecule has 3 heteroatoms. The van der Waals surface area contributed by atoms with Crippen LogP contribution in [0.3, 0.4) is 0 Å². The normalized spacial score (nSPS) is 18.4. The summed E-state index contributed by atoms with van der Waals surface area (Å²) >= 11 is 0. The van der Waals surface area contributed by atoms with Gasteiger partial charge < -0.3 is 9.64 Å². The summed E-state index contributed by atoms with van der Waals surface area (Å²) in [6.45, 7) is 5.19. The Morgan fingerprint density at radius 2 is 1.95 bits per heavy atom. The Morgan fingerprint density at radius 3 is 2.71 bits per heavy atom. The minimum absolute atomic E-state index is 0.766. The molecule has 110 valence electrons. The van der Waals surface area contributed by atoms with Gasteiger partial charge in [-0.25, -0.2) is 4.98 Å². The standard InChI is InChI=1S/C18H22N2O/c1-13-18(21-12-14-8-9-14)17(20-10-4-5-11-20)15-6-2-3-7-16(15)19-13/h2-3,6-7,14H,4-5,8-12H2,1H3. The molecular formula is C18H22N2O. The van der Waals surface area contributed by atoms with Crippen LogP contribution in [-0.2, 0) is 0 Å². The SMILES string of the molecule is Cc1nc2ccccc2c(N2CCCC2)c1OCC1CC1. The largest absolute Gasteiger partial charge is 0.489 e. The van der Waals surface area contributed by atoms with Crippen LogP contribution in [0.5, 0.6) is 5.75 Å². The summed E-state index contributed by atoms with van der Waals surface area (Å²) in [5, 5.41) is 1.23. The second-order valence-electron chi connectivity index (χ2n) is 6.34. The Kier molecular flexibility index (Phi) is 3.21. The molecule has 4 rings (SSSR count). The zero-order valence-electron chi connectivity index (χ0n) is 12.6. The van der Waals surface area contributed by atoms with Crippen molar-refractivity contribution in [2.45, 2.75) is 32.6 Å². The second kappa shape index (κ2) is 5.21. The molecule has 3 nitrogen and oxygen atoms in total. The van der Waals surface area contributed by atoms with Crippen molar-refractivity contribution >= 4 is 16.6 Å². The van der Waals surface area contributed by atoms with Gasteiger partial charge >= 0.3 is 0 Å². The third kappa shape index (κ3) is 2.45. The van der Waals surface area contributed by atoms with Gasteiger partial charge in [-0.3, -0.25) is 0 Å². The van der Waals surface area contributed by atoms with Gasteiger partial charge in [0.15, 0.2) is 5.75 Å². The highest BCUT2D eigenvalue weighted by atomic mass is 16.5. The average Bonchev–Trinajstić information content (AvgIpc) is 3.17. The Bertz CT molecular complexity index is 658. The maximum Gasteiger partial charge on any atom is 0.164 e. The minimum atomic E-state index is 0.766. The lowest BCUT2D eigenvalue weighted by molar-refractivity contribution is 0.297. The maximum atomic E-state index is 6.21. The minimum Gasteiger partial charge on any atom is -0.489 e. The van der Waals surface area contributed by atoms with Gasteiger partial charge in [0.2, 0.25) is 0 Å². The van der Waals surface area contributed by atoms with E-state index in [1.165, 1.54) is 36.8 Å². The van der Waals surface area contributed by atoms with Gasteiger partial charge in [0, 0.05) is 18.5 Å². The van der Waals surface area contributed by atoms with Crippen LogP contribution >= 0.6 is 0 Å². The van der Waals surface area contributed by atoms with E-state index in [2.05, 4.69) is 36.1 Å². The Labute approximate surface area is 125 Å². The smallest absolute Gasteiger partial charge is 0.164 e. The molecule has 1 aromatic heterocycles. The van der Waals surface area contributed by atoms with Crippen LogP contribution < -0.4 is 9.64 Å². The van der Waals surface area contributed by atoms with E-state index in [-0.39, 0.29) is 0 Å². The van der Waals surface area contributed by atoms with Gasteiger partial charge in [-0.2, -0.15) is 0 Å². The summed E-state index contributed by atoms with van der Waals surface area (Å²) in [6, 6.07) is 8.45. The first-order valence-corrected chi connectivity index (χ1v) is 8.10. The van der Waals surface area contributed by atoms with Crippen LogP contribution in [0.15, 0.2) is 24.3 Å². The fourth-order valence-corrected chi connectivity index (χ4v) is 3.21. The van der Waals surface area contributed by atoms with Crippen LogP contribution in [0.2, 0.25) is 0 Å². The molecule has 0 spiro atoms. The number of ether oxygens (including phenoxy) is 1. The van der Waals surface area contributed by atoms with Crippen molar-refractivity contribution in [2.75, 3.05) is 24.6 Å². The number of para-hydroxylation sites is 1.